The molecular formula is C34H30N2O6. The van der Waals surface area contributed by atoms with Gasteiger partial charge in [-0.15, -0.1) is 0 Å². The van der Waals surface area contributed by atoms with Gasteiger partial charge < -0.3 is 20.5 Å². The number of carbonyl (C=O) groups excluding carboxylic acids is 4. The van der Waals surface area contributed by atoms with E-state index in [0.29, 0.717) is 67.4 Å². The Bertz CT molecular complexity index is 1830. The van der Waals surface area contributed by atoms with E-state index in [9.17, 15) is 19.2 Å². The summed E-state index contributed by atoms with van der Waals surface area (Å²) in [6.45, 7) is 8.51. The van der Waals surface area contributed by atoms with Gasteiger partial charge in [-0.25, -0.2) is 4.79 Å². The van der Waals surface area contributed by atoms with Crippen molar-refractivity contribution in [2.45, 2.75) is 46.6 Å². The van der Waals surface area contributed by atoms with Gasteiger partial charge in [0, 0.05) is 74.3 Å². The summed E-state index contributed by atoms with van der Waals surface area (Å²) in [5.41, 5.74) is 8.88. The lowest BCUT2D eigenvalue weighted by Crippen LogP contribution is -2.33. The Morgan fingerprint density at radius 3 is 2.21 bits per heavy atom. The number of Topliss-reactive ketones (excluding diaryl/α,β-unsaturated/α-hetero) is 2. The van der Waals surface area contributed by atoms with Crippen LogP contribution in [0, 0.1) is 5.41 Å². The molecule has 3 N–H and O–H groups in total. The van der Waals surface area contributed by atoms with Crippen molar-refractivity contribution in [1.82, 2.24) is 0 Å². The van der Waals surface area contributed by atoms with Crippen molar-refractivity contribution < 1.29 is 28.7 Å². The third-order valence-corrected chi connectivity index (χ3v) is 8.49. The molecule has 3 aromatic carbocycles. The summed E-state index contributed by atoms with van der Waals surface area (Å²) in [6, 6.07) is 17.6. The first kappa shape index (κ1) is 27.2. The summed E-state index contributed by atoms with van der Waals surface area (Å²) in [5.74, 6) is -0.319. The van der Waals surface area contributed by atoms with Crippen LogP contribution in [-0.2, 0) is 24.7 Å². The first-order valence-corrected chi connectivity index (χ1v) is 13.7. The summed E-state index contributed by atoms with van der Waals surface area (Å²) in [4.78, 5) is 52.2. The molecule has 0 bridgehead atoms. The van der Waals surface area contributed by atoms with Crippen LogP contribution in [0.1, 0.15) is 68.1 Å². The summed E-state index contributed by atoms with van der Waals surface area (Å²) in [6.07, 6.45) is -0.0305. The SMILES string of the molecule is CC1=C(C)C(=O)C(C(C)(C)CC(=O)Nc2ccc3c(c2)Oc2cc(N)ccc2C32OC(=O)c3ccccc32)=C(C)C1=O. The van der Waals surface area contributed by atoms with E-state index in [1.165, 1.54) is 0 Å². The minimum absolute atomic E-state index is 0.0305. The van der Waals surface area contributed by atoms with E-state index in [4.69, 9.17) is 15.2 Å². The molecule has 6 rings (SSSR count). The number of ether oxygens (including phenoxy) is 2. The maximum atomic E-state index is 13.3. The highest BCUT2D eigenvalue weighted by atomic mass is 16.6. The Balaban J connectivity index is 1.34. The summed E-state index contributed by atoms with van der Waals surface area (Å²) >= 11 is 0. The standard InChI is InChI=1S/C34H30N2O6/c1-17-18(2)31(39)29(19(3)30(17)38)33(4,5)16-28(37)36-21-11-13-25-27(15-21)41-26-14-20(35)10-12-24(26)34(25)23-9-7-6-8-22(23)32(40)42-34/h6-15H,16,35H2,1-5H3,(H,36,37). The number of allylic oxidation sites excluding steroid dienone is 4. The first-order valence-electron chi connectivity index (χ1n) is 13.7. The molecule has 0 radical (unpaired) electrons. The van der Waals surface area contributed by atoms with E-state index in [1.54, 1.807) is 83.1 Å². The fourth-order valence-electron chi connectivity index (χ4n) is 6.37. The zero-order chi connectivity index (χ0) is 30.1. The van der Waals surface area contributed by atoms with E-state index < -0.39 is 17.0 Å². The summed E-state index contributed by atoms with van der Waals surface area (Å²) < 4.78 is 12.4. The smallest absolute Gasteiger partial charge is 0.340 e. The maximum Gasteiger partial charge on any atom is 0.340 e. The number of carbonyl (C=O) groups is 4. The second kappa shape index (κ2) is 9.27. The number of amides is 1. The highest BCUT2D eigenvalue weighted by Gasteiger charge is 2.53. The highest BCUT2D eigenvalue weighted by Crippen LogP contribution is 2.56. The number of benzene rings is 3. The molecule has 8 nitrogen and oxygen atoms in total. The number of nitrogens with one attached hydrogen (secondary N) is 1. The van der Waals surface area contributed by atoms with Crippen molar-refractivity contribution in [2.24, 2.45) is 5.41 Å². The molecule has 2 aliphatic heterocycles. The highest BCUT2D eigenvalue weighted by molar-refractivity contribution is 6.25. The lowest BCUT2D eigenvalue weighted by Gasteiger charge is -2.36. The molecule has 3 aromatic rings. The topological polar surface area (TPSA) is 125 Å². The van der Waals surface area contributed by atoms with Crippen LogP contribution in [0.25, 0.3) is 0 Å². The molecule has 1 unspecified atom stereocenters. The van der Waals surface area contributed by atoms with Crippen LogP contribution < -0.4 is 15.8 Å². The fraction of sp³-hybridized carbons (Fsp3) is 0.235. The summed E-state index contributed by atoms with van der Waals surface area (Å²) in [5, 5.41) is 2.91. The van der Waals surface area contributed by atoms with Crippen molar-refractivity contribution >= 4 is 34.8 Å². The van der Waals surface area contributed by atoms with Gasteiger partial charge in [0.05, 0.1) is 5.56 Å². The van der Waals surface area contributed by atoms with Crippen molar-refractivity contribution in [1.29, 1.82) is 0 Å². The number of rotatable bonds is 4. The normalized spacial score (nSPS) is 19.3. The van der Waals surface area contributed by atoms with Gasteiger partial charge in [0.25, 0.3) is 0 Å². The number of nitrogen functional groups attached to an aromatic ring is 1. The number of ketones is 2. The average Bonchev–Trinajstić information content (AvgIpc) is 3.22. The molecule has 1 aliphatic carbocycles. The van der Waals surface area contributed by atoms with Crippen LogP contribution in [0.3, 0.4) is 0 Å². The third kappa shape index (κ3) is 3.89. The lowest BCUT2D eigenvalue weighted by atomic mass is 9.71. The molecule has 1 spiro atoms. The number of fused-ring (bicyclic) bond motifs is 6. The van der Waals surface area contributed by atoms with E-state index >= 15 is 0 Å². The fourth-order valence-corrected chi connectivity index (χ4v) is 6.37. The molecule has 2 heterocycles. The molecule has 212 valence electrons. The monoisotopic (exact) mass is 562 g/mol. The zero-order valence-corrected chi connectivity index (χ0v) is 24.0. The Morgan fingerprint density at radius 1 is 0.833 bits per heavy atom. The minimum atomic E-state index is -1.24. The van der Waals surface area contributed by atoms with Gasteiger partial charge >= 0.3 is 5.97 Å². The van der Waals surface area contributed by atoms with Crippen LogP contribution >= 0.6 is 0 Å². The Kier molecular flexibility index (Phi) is 6.01. The number of esters is 1. The Morgan fingerprint density at radius 2 is 1.48 bits per heavy atom. The quantitative estimate of drug-likeness (QED) is 0.227. The molecular weight excluding hydrogens is 532 g/mol. The largest absolute Gasteiger partial charge is 0.456 e. The second-order valence-corrected chi connectivity index (χ2v) is 11.7. The Labute approximate surface area is 243 Å². The number of anilines is 2. The predicted molar refractivity (Wildman–Crippen MR) is 157 cm³/mol. The van der Waals surface area contributed by atoms with E-state index in [2.05, 4.69) is 5.32 Å². The van der Waals surface area contributed by atoms with Gasteiger partial charge in [-0.3, -0.25) is 14.4 Å². The van der Waals surface area contributed by atoms with Crippen LogP contribution in [0.4, 0.5) is 11.4 Å². The van der Waals surface area contributed by atoms with Crippen LogP contribution in [0.15, 0.2) is 83.0 Å². The minimum Gasteiger partial charge on any atom is -0.456 e. The van der Waals surface area contributed by atoms with Crippen molar-refractivity contribution in [3.63, 3.8) is 0 Å². The molecule has 0 saturated heterocycles. The molecule has 3 aliphatic rings. The maximum absolute atomic E-state index is 13.3. The van der Waals surface area contributed by atoms with Crippen LogP contribution in [0.2, 0.25) is 0 Å². The second-order valence-electron chi connectivity index (χ2n) is 11.7. The average molecular weight is 563 g/mol. The molecule has 8 heteroatoms. The molecule has 0 saturated carbocycles. The van der Waals surface area contributed by atoms with Gasteiger partial charge in [-0.05, 0) is 51.1 Å². The van der Waals surface area contributed by atoms with Gasteiger partial charge in [0.15, 0.2) is 17.2 Å². The first-order chi connectivity index (χ1) is 19.8. The van der Waals surface area contributed by atoms with Gasteiger partial charge in [-0.2, -0.15) is 0 Å². The van der Waals surface area contributed by atoms with Gasteiger partial charge in [0.2, 0.25) is 5.91 Å². The van der Waals surface area contributed by atoms with E-state index in [-0.39, 0.29) is 23.9 Å². The van der Waals surface area contributed by atoms with Crippen LogP contribution in [0.5, 0.6) is 11.5 Å². The number of nitrogens with two attached hydrogens (primary N) is 1. The molecule has 42 heavy (non-hydrogen) atoms. The van der Waals surface area contributed by atoms with Crippen molar-refractivity contribution in [3.05, 3.63) is 105 Å². The summed E-state index contributed by atoms with van der Waals surface area (Å²) in [7, 11) is 0. The lowest BCUT2D eigenvalue weighted by molar-refractivity contribution is -0.119. The third-order valence-electron chi connectivity index (χ3n) is 8.49. The molecule has 0 fully saturated rings. The van der Waals surface area contributed by atoms with Gasteiger partial charge in [-0.1, -0.05) is 32.0 Å². The van der Waals surface area contributed by atoms with E-state index in [1.807, 2.05) is 12.1 Å². The predicted octanol–water partition coefficient (Wildman–Crippen LogP) is 6.00. The number of hydrogen-bond donors (Lipinski definition) is 2. The Hall–Kier alpha value is -4.98. The van der Waals surface area contributed by atoms with Crippen molar-refractivity contribution in [3.8, 4) is 11.5 Å². The van der Waals surface area contributed by atoms with Gasteiger partial charge in [0.1, 0.15) is 11.5 Å². The zero-order valence-electron chi connectivity index (χ0n) is 24.0. The number of hydrogen-bond acceptors (Lipinski definition) is 7. The van der Waals surface area contributed by atoms with Crippen molar-refractivity contribution in [2.75, 3.05) is 11.1 Å². The van der Waals surface area contributed by atoms with E-state index in [0.717, 1.165) is 0 Å². The molecule has 1 atom stereocenters. The molecule has 1 amide bonds. The molecule has 0 aromatic heterocycles. The van der Waals surface area contributed by atoms with Crippen LogP contribution in [-0.4, -0.2) is 23.4 Å².